The van der Waals surface area contributed by atoms with Crippen LogP contribution in [0.4, 0.5) is 4.79 Å². The van der Waals surface area contributed by atoms with Gasteiger partial charge in [-0.15, -0.1) is 0 Å². The molecule has 3 aliphatic heterocycles. The van der Waals surface area contributed by atoms with E-state index in [4.69, 9.17) is 0 Å². The number of likely N-dealkylation sites (N-methyl/N-ethyl adjacent to an activating group) is 1. The van der Waals surface area contributed by atoms with Crippen molar-refractivity contribution in [1.82, 2.24) is 14.7 Å². The summed E-state index contributed by atoms with van der Waals surface area (Å²) in [6, 6.07) is 7.05. The summed E-state index contributed by atoms with van der Waals surface area (Å²) >= 11 is 0. The fourth-order valence-corrected chi connectivity index (χ4v) is 4.61. The van der Waals surface area contributed by atoms with Crippen LogP contribution in [0.5, 0.6) is 5.75 Å². The van der Waals surface area contributed by atoms with Crippen molar-refractivity contribution in [3.63, 3.8) is 0 Å². The maximum absolute atomic E-state index is 12.4. The van der Waals surface area contributed by atoms with Crippen LogP contribution in [0.3, 0.4) is 0 Å². The molecule has 3 saturated heterocycles. The summed E-state index contributed by atoms with van der Waals surface area (Å²) in [4.78, 5) is 30.4. The van der Waals surface area contributed by atoms with Crippen molar-refractivity contribution in [3.05, 3.63) is 29.8 Å². The number of phenols is 1. The fourth-order valence-electron chi connectivity index (χ4n) is 4.61. The summed E-state index contributed by atoms with van der Waals surface area (Å²) in [5, 5.41) is 9.38. The lowest BCUT2D eigenvalue weighted by atomic mass is 9.76. The van der Waals surface area contributed by atoms with Gasteiger partial charge in [0.25, 0.3) is 5.91 Å². The van der Waals surface area contributed by atoms with Crippen molar-refractivity contribution in [2.45, 2.75) is 38.8 Å². The van der Waals surface area contributed by atoms with E-state index in [1.54, 1.807) is 12.1 Å². The van der Waals surface area contributed by atoms with E-state index in [0.29, 0.717) is 12.3 Å². The summed E-state index contributed by atoms with van der Waals surface area (Å²) < 4.78 is 0. The highest BCUT2D eigenvalue weighted by atomic mass is 16.3. The molecule has 6 nitrogen and oxygen atoms in total. The predicted octanol–water partition coefficient (Wildman–Crippen LogP) is 2.03. The first-order valence-corrected chi connectivity index (χ1v) is 9.14. The van der Waals surface area contributed by atoms with Gasteiger partial charge < -0.3 is 10.0 Å². The van der Waals surface area contributed by atoms with E-state index in [0.717, 1.165) is 45.4 Å². The van der Waals surface area contributed by atoms with Crippen molar-refractivity contribution < 1.29 is 14.7 Å². The molecule has 3 amide bonds. The summed E-state index contributed by atoms with van der Waals surface area (Å²) in [5.41, 5.74) is 1.31. The highest BCUT2D eigenvalue weighted by molar-refractivity contribution is 6.04. The molecule has 0 saturated carbocycles. The van der Waals surface area contributed by atoms with E-state index in [1.165, 1.54) is 10.5 Å². The van der Waals surface area contributed by atoms with Crippen LogP contribution in [0.2, 0.25) is 0 Å². The van der Waals surface area contributed by atoms with E-state index in [9.17, 15) is 14.7 Å². The van der Waals surface area contributed by atoms with Gasteiger partial charge in [0, 0.05) is 19.6 Å². The number of urea groups is 1. The van der Waals surface area contributed by atoms with Crippen LogP contribution in [0.1, 0.15) is 31.7 Å². The van der Waals surface area contributed by atoms with Gasteiger partial charge in [0.2, 0.25) is 0 Å². The Morgan fingerprint density at radius 1 is 1.16 bits per heavy atom. The molecule has 1 atom stereocenters. The minimum Gasteiger partial charge on any atom is -0.508 e. The summed E-state index contributed by atoms with van der Waals surface area (Å²) in [6.45, 7) is 5.91. The van der Waals surface area contributed by atoms with Gasteiger partial charge >= 0.3 is 6.03 Å². The Labute approximate surface area is 148 Å². The molecular formula is C19H25N3O3. The minimum atomic E-state index is -0.226. The predicted molar refractivity (Wildman–Crippen MR) is 92.9 cm³/mol. The lowest BCUT2D eigenvalue weighted by molar-refractivity contribution is -0.128. The molecule has 3 heterocycles. The number of phenolic OH excluding ortho intramolecular Hbond substituents is 1. The van der Waals surface area contributed by atoms with Crippen LogP contribution in [0.25, 0.3) is 0 Å². The zero-order chi connectivity index (χ0) is 17.6. The van der Waals surface area contributed by atoms with Gasteiger partial charge in [-0.05, 0) is 62.4 Å². The average molecular weight is 343 g/mol. The van der Waals surface area contributed by atoms with Crippen LogP contribution >= 0.6 is 0 Å². The van der Waals surface area contributed by atoms with Crippen LogP contribution in [-0.2, 0) is 11.3 Å². The molecule has 1 spiro atoms. The van der Waals surface area contributed by atoms with Crippen LogP contribution < -0.4 is 0 Å². The number of amides is 3. The van der Waals surface area contributed by atoms with E-state index in [2.05, 4.69) is 4.90 Å². The summed E-state index contributed by atoms with van der Waals surface area (Å²) in [7, 11) is 0. The smallest absolute Gasteiger partial charge is 0.327 e. The van der Waals surface area contributed by atoms with Crippen molar-refractivity contribution in [3.8, 4) is 5.75 Å². The fraction of sp³-hybridized carbons (Fsp3) is 0.579. The molecule has 1 N–H and O–H groups in total. The number of likely N-dealkylation sites (tertiary alicyclic amines) is 1. The number of fused-ring (bicyclic) bond motifs is 1. The summed E-state index contributed by atoms with van der Waals surface area (Å²) in [6.07, 6.45) is 2.89. The first-order chi connectivity index (χ1) is 12.0. The maximum atomic E-state index is 12.4. The minimum absolute atomic E-state index is 0.00380. The molecule has 0 radical (unpaired) electrons. The molecule has 3 aliphatic rings. The van der Waals surface area contributed by atoms with Crippen LogP contribution in [0, 0.1) is 5.41 Å². The summed E-state index contributed by atoms with van der Waals surface area (Å²) in [5.74, 6) is 0.291. The van der Waals surface area contributed by atoms with Crippen molar-refractivity contribution in [2.75, 3.05) is 26.2 Å². The number of carbonyl (C=O) groups is 2. The quantitative estimate of drug-likeness (QED) is 0.853. The number of carbonyl (C=O) groups excluding carboxylic acids is 2. The first kappa shape index (κ1) is 16.4. The Hall–Kier alpha value is -2.08. The molecule has 0 aliphatic carbocycles. The Morgan fingerprint density at radius 3 is 2.44 bits per heavy atom. The van der Waals surface area contributed by atoms with Gasteiger partial charge in [-0.25, -0.2) is 4.79 Å². The topological polar surface area (TPSA) is 64.1 Å². The van der Waals surface area contributed by atoms with Gasteiger partial charge in [-0.2, -0.15) is 0 Å². The lowest BCUT2D eigenvalue weighted by Crippen LogP contribution is -2.43. The number of benzene rings is 1. The molecule has 6 heteroatoms. The SMILES string of the molecule is CCN1C(=O)C2CC3(CCN(Cc4ccc(O)cc4)CC3)CN2C1=O. The molecule has 1 aromatic rings. The van der Waals surface area contributed by atoms with Gasteiger partial charge in [-0.1, -0.05) is 12.1 Å². The number of piperidine rings is 1. The van der Waals surface area contributed by atoms with E-state index >= 15 is 0 Å². The van der Waals surface area contributed by atoms with E-state index in [-0.39, 0.29) is 23.4 Å². The zero-order valence-corrected chi connectivity index (χ0v) is 14.6. The number of rotatable bonds is 3. The maximum Gasteiger partial charge on any atom is 0.327 e. The molecule has 25 heavy (non-hydrogen) atoms. The molecule has 3 fully saturated rings. The lowest BCUT2D eigenvalue weighted by Gasteiger charge is -2.39. The van der Waals surface area contributed by atoms with Crippen molar-refractivity contribution >= 4 is 11.9 Å². The van der Waals surface area contributed by atoms with Crippen molar-refractivity contribution in [2.24, 2.45) is 5.41 Å². The number of aromatic hydroxyl groups is 1. The molecule has 4 rings (SSSR count). The van der Waals surface area contributed by atoms with E-state index < -0.39 is 0 Å². The molecule has 134 valence electrons. The normalized spacial score (nSPS) is 25.9. The zero-order valence-electron chi connectivity index (χ0n) is 14.6. The number of hydrogen-bond acceptors (Lipinski definition) is 4. The molecule has 1 aromatic carbocycles. The molecule has 0 aromatic heterocycles. The first-order valence-electron chi connectivity index (χ1n) is 9.14. The third-order valence-corrected chi connectivity index (χ3v) is 6.11. The van der Waals surface area contributed by atoms with Gasteiger partial charge in [0.05, 0.1) is 0 Å². The van der Waals surface area contributed by atoms with E-state index in [1.807, 2.05) is 24.0 Å². The average Bonchev–Trinajstić information content (AvgIpc) is 3.08. The highest BCUT2D eigenvalue weighted by Gasteiger charge is 2.55. The van der Waals surface area contributed by atoms with Crippen LogP contribution in [-0.4, -0.2) is 64.0 Å². The molecular weight excluding hydrogens is 318 g/mol. The second-order valence-corrected chi connectivity index (χ2v) is 7.66. The molecule has 0 bridgehead atoms. The second-order valence-electron chi connectivity index (χ2n) is 7.66. The monoisotopic (exact) mass is 343 g/mol. The largest absolute Gasteiger partial charge is 0.508 e. The number of nitrogens with zero attached hydrogens (tertiary/aromatic N) is 3. The standard InChI is InChI=1S/C19H25N3O3/c1-2-21-17(24)16-11-19(13-22(16)18(21)25)7-9-20(10-8-19)12-14-3-5-15(23)6-4-14/h3-6,16,23H,2,7-13H2,1H3. The van der Waals surface area contributed by atoms with Crippen molar-refractivity contribution in [1.29, 1.82) is 0 Å². The third kappa shape index (κ3) is 2.78. The Kier molecular flexibility index (Phi) is 3.95. The van der Waals surface area contributed by atoms with Gasteiger partial charge in [0.15, 0.2) is 0 Å². The molecule has 1 unspecified atom stereocenters. The Morgan fingerprint density at radius 2 is 1.84 bits per heavy atom. The Bertz CT molecular complexity index is 654. The highest BCUT2D eigenvalue weighted by Crippen LogP contribution is 2.46. The second kappa shape index (κ2) is 6.02. The number of imide groups is 1. The number of hydrogen-bond donors (Lipinski definition) is 1. The third-order valence-electron chi connectivity index (χ3n) is 6.11. The Balaban J connectivity index is 1.37. The van der Waals surface area contributed by atoms with Gasteiger partial charge in [-0.3, -0.25) is 14.6 Å². The van der Waals surface area contributed by atoms with Gasteiger partial charge in [0.1, 0.15) is 11.8 Å². The van der Waals surface area contributed by atoms with Crippen LogP contribution in [0.15, 0.2) is 24.3 Å².